The smallest absolute Gasteiger partial charge is 0.341 e. The first-order valence-corrected chi connectivity index (χ1v) is 12.8. The molecule has 2 heterocycles. The zero-order valence-electron chi connectivity index (χ0n) is 18.9. The first kappa shape index (κ1) is 25.5. The lowest BCUT2D eigenvalue weighted by Gasteiger charge is -2.08. The van der Waals surface area contributed by atoms with Gasteiger partial charge in [0.2, 0.25) is 0 Å². The summed E-state index contributed by atoms with van der Waals surface area (Å²) in [6.45, 7) is 1.89. The van der Waals surface area contributed by atoms with Crippen molar-refractivity contribution >= 4 is 61.8 Å². The number of nitriles is 1. The molecule has 4 rings (SSSR count). The Morgan fingerprint density at radius 3 is 2.47 bits per heavy atom. The van der Waals surface area contributed by atoms with Crippen LogP contribution in [0.25, 0.3) is 28.5 Å². The summed E-state index contributed by atoms with van der Waals surface area (Å²) < 4.78 is 11.9. The molecule has 4 aromatic rings. The zero-order valence-corrected chi connectivity index (χ0v) is 22.0. The summed E-state index contributed by atoms with van der Waals surface area (Å²) >= 11 is 10.5. The van der Waals surface area contributed by atoms with Crippen molar-refractivity contribution in [2.75, 3.05) is 11.9 Å². The maximum atomic E-state index is 13.0. The number of thiophene rings is 1. The fourth-order valence-corrected chi connectivity index (χ4v) is 4.70. The normalized spacial score (nSPS) is 11.1. The lowest BCUT2D eigenvalue weighted by Crippen LogP contribution is -2.16. The summed E-state index contributed by atoms with van der Waals surface area (Å²) in [5.41, 5.74) is 2.28. The zero-order chi connectivity index (χ0) is 25.7. The van der Waals surface area contributed by atoms with E-state index >= 15 is 0 Å². The van der Waals surface area contributed by atoms with Crippen LogP contribution in [-0.4, -0.2) is 18.5 Å². The third-order valence-corrected chi connectivity index (χ3v) is 6.74. The summed E-state index contributed by atoms with van der Waals surface area (Å²) in [6, 6.07) is 19.8. The molecule has 0 radical (unpaired) electrons. The molecule has 1 N–H and O–H groups in total. The largest absolute Gasteiger partial charge is 0.462 e. The van der Waals surface area contributed by atoms with Crippen LogP contribution in [0.4, 0.5) is 5.00 Å². The van der Waals surface area contributed by atoms with Crippen LogP contribution in [0.3, 0.4) is 0 Å². The Morgan fingerprint density at radius 1 is 1.11 bits per heavy atom. The molecule has 0 atom stereocenters. The number of carbonyl (C=O) groups is 2. The summed E-state index contributed by atoms with van der Waals surface area (Å²) in [7, 11) is 0. The molecule has 1 amide bonds. The van der Waals surface area contributed by atoms with E-state index in [4.69, 9.17) is 20.8 Å². The van der Waals surface area contributed by atoms with E-state index in [9.17, 15) is 14.9 Å². The Morgan fingerprint density at radius 2 is 1.81 bits per heavy atom. The highest BCUT2D eigenvalue weighted by molar-refractivity contribution is 9.10. The van der Waals surface area contributed by atoms with E-state index < -0.39 is 11.9 Å². The predicted octanol–water partition coefficient (Wildman–Crippen LogP) is 7.81. The van der Waals surface area contributed by atoms with Gasteiger partial charge in [0.25, 0.3) is 5.91 Å². The molecular weight excluding hydrogens is 564 g/mol. The van der Waals surface area contributed by atoms with E-state index in [0.717, 1.165) is 15.6 Å². The highest BCUT2D eigenvalue weighted by Gasteiger charge is 2.24. The number of anilines is 1. The van der Waals surface area contributed by atoms with Gasteiger partial charge in [0.05, 0.1) is 6.61 Å². The molecular formula is C27H18BrClN2O4S. The van der Waals surface area contributed by atoms with Crippen LogP contribution in [0.1, 0.15) is 23.0 Å². The number of carbonyl (C=O) groups excluding carboxylic acids is 2. The number of nitrogens with zero attached hydrogens (tertiary/aromatic N) is 1. The number of esters is 1. The highest BCUT2D eigenvalue weighted by atomic mass is 79.9. The number of rotatable bonds is 7. The number of nitrogens with one attached hydrogen (secondary N) is 1. The molecule has 0 aliphatic heterocycles. The number of halogens is 2. The summed E-state index contributed by atoms with van der Waals surface area (Å²) in [5.74, 6) is -0.332. The standard InChI is InChI=1S/C27H18BrClN2O4S/c1-2-34-27(33)24-22(16-3-7-19(28)8-4-16)15-36-26(24)31-25(32)18(14-30)13-21-11-12-23(35-21)17-5-9-20(29)10-6-17/h3-13,15H,2H2,1H3,(H,31,32)/b18-13+. The number of amides is 1. The lowest BCUT2D eigenvalue weighted by molar-refractivity contribution is -0.112. The van der Waals surface area contributed by atoms with Gasteiger partial charge in [-0.05, 0) is 61.0 Å². The molecule has 0 fully saturated rings. The first-order chi connectivity index (χ1) is 17.4. The van der Waals surface area contributed by atoms with E-state index in [1.807, 2.05) is 42.5 Å². The van der Waals surface area contributed by atoms with Gasteiger partial charge in [-0.25, -0.2) is 4.79 Å². The van der Waals surface area contributed by atoms with E-state index in [1.165, 1.54) is 17.4 Å². The minimum absolute atomic E-state index is 0.180. The van der Waals surface area contributed by atoms with Crippen LogP contribution < -0.4 is 5.32 Å². The molecule has 2 aromatic carbocycles. The van der Waals surface area contributed by atoms with Crippen LogP contribution in [0, 0.1) is 11.3 Å². The molecule has 0 aliphatic carbocycles. The van der Waals surface area contributed by atoms with Gasteiger partial charge < -0.3 is 14.5 Å². The molecule has 0 saturated heterocycles. The average Bonchev–Trinajstić information content (AvgIpc) is 3.51. The monoisotopic (exact) mass is 580 g/mol. The quantitative estimate of drug-likeness (QED) is 0.136. The Labute approximate surface area is 224 Å². The molecule has 0 unspecified atom stereocenters. The summed E-state index contributed by atoms with van der Waals surface area (Å²) in [5, 5.41) is 15.0. The molecule has 0 aliphatic rings. The van der Waals surface area contributed by atoms with Gasteiger partial charge in [-0.15, -0.1) is 11.3 Å². The Bertz CT molecular complexity index is 1480. The first-order valence-electron chi connectivity index (χ1n) is 10.7. The second-order valence-electron chi connectivity index (χ2n) is 7.41. The molecule has 6 nitrogen and oxygen atoms in total. The van der Waals surface area contributed by atoms with E-state index in [2.05, 4.69) is 21.2 Å². The number of furan rings is 1. The topological polar surface area (TPSA) is 92.3 Å². The highest BCUT2D eigenvalue weighted by Crippen LogP contribution is 2.37. The van der Waals surface area contributed by atoms with E-state index in [0.29, 0.717) is 27.1 Å². The molecule has 36 heavy (non-hydrogen) atoms. The lowest BCUT2D eigenvalue weighted by atomic mass is 10.0. The molecule has 2 aromatic heterocycles. The molecule has 0 saturated carbocycles. The van der Waals surface area contributed by atoms with Gasteiger partial charge >= 0.3 is 5.97 Å². The third-order valence-electron chi connectivity index (χ3n) is 5.06. The fraction of sp³-hybridized carbons (Fsp3) is 0.0741. The maximum Gasteiger partial charge on any atom is 0.341 e. The number of hydrogen-bond donors (Lipinski definition) is 1. The number of ether oxygens (including phenoxy) is 1. The van der Waals surface area contributed by atoms with Gasteiger partial charge in [0, 0.05) is 32.1 Å². The van der Waals surface area contributed by atoms with Crippen molar-refractivity contribution in [3.8, 4) is 28.5 Å². The fourth-order valence-electron chi connectivity index (χ4n) is 3.36. The van der Waals surface area contributed by atoms with Gasteiger partial charge in [-0.1, -0.05) is 39.7 Å². The average molecular weight is 582 g/mol. The van der Waals surface area contributed by atoms with Crippen LogP contribution in [0.15, 0.2) is 80.5 Å². The van der Waals surface area contributed by atoms with Crippen LogP contribution in [0.2, 0.25) is 5.02 Å². The van der Waals surface area contributed by atoms with Crippen molar-refractivity contribution in [3.63, 3.8) is 0 Å². The predicted molar refractivity (Wildman–Crippen MR) is 145 cm³/mol. The third kappa shape index (κ3) is 5.77. The second-order valence-corrected chi connectivity index (χ2v) is 9.65. The Kier molecular flexibility index (Phi) is 8.06. The second kappa shape index (κ2) is 11.4. The molecule has 9 heteroatoms. The van der Waals surface area contributed by atoms with Crippen molar-refractivity contribution in [1.29, 1.82) is 5.26 Å². The summed E-state index contributed by atoms with van der Waals surface area (Å²) in [4.78, 5) is 25.8. The van der Waals surface area contributed by atoms with Crippen molar-refractivity contribution in [2.24, 2.45) is 0 Å². The molecule has 0 spiro atoms. The van der Waals surface area contributed by atoms with Crippen molar-refractivity contribution in [3.05, 3.63) is 92.4 Å². The van der Waals surface area contributed by atoms with Crippen molar-refractivity contribution < 1.29 is 18.7 Å². The van der Waals surface area contributed by atoms with Gasteiger partial charge in [0.15, 0.2) is 0 Å². The number of benzene rings is 2. The Hall–Kier alpha value is -3.64. The minimum atomic E-state index is -0.670. The van der Waals surface area contributed by atoms with Crippen LogP contribution in [-0.2, 0) is 9.53 Å². The summed E-state index contributed by atoms with van der Waals surface area (Å²) in [6.07, 6.45) is 1.35. The van der Waals surface area contributed by atoms with Gasteiger partial charge in [-0.2, -0.15) is 5.26 Å². The van der Waals surface area contributed by atoms with E-state index in [-0.39, 0.29) is 17.7 Å². The SMILES string of the molecule is CCOC(=O)c1c(-c2ccc(Br)cc2)csc1NC(=O)/C(C#N)=C/c1ccc(-c2ccc(Cl)cc2)o1. The van der Waals surface area contributed by atoms with E-state index in [1.54, 1.807) is 36.6 Å². The number of hydrogen-bond acceptors (Lipinski definition) is 6. The van der Waals surface area contributed by atoms with Gasteiger partial charge in [0.1, 0.15) is 33.7 Å². The minimum Gasteiger partial charge on any atom is -0.462 e. The van der Waals surface area contributed by atoms with Crippen LogP contribution in [0.5, 0.6) is 0 Å². The maximum absolute atomic E-state index is 13.0. The molecule has 0 bridgehead atoms. The van der Waals surface area contributed by atoms with Gasteiger partial charge in [-0.3, -0.25) is 4.79 Å². The Balaban J connectivity index is 1.61. The van der Waals surface area contributed by atoms with Crippen LogP contribution >= 0.6 is 38.9 Å². The van der Waals surface area contributed by atoms with Crippen molar-refractivity contribution in [2.45, 2.75) is 6.92 Å². The molecule has 180 valence electrons. The van der Waals surface area contributed by atoms with Crippen molar-refractivity contribution in [1.82, 2.24) is 0 Å².